The van der Waals surface area contributed by atoms with Crippen molar-refractivity contribution in [3.05, 3.63) is 35.4 Å². The van der Waals surface area contributed by atoms with Gasteiger partial charge in [-0.25, -0.2) is 0 Å². The van der Waals surface area contributed by atoms with Crippen LogP contribution in [-0.4, -0.2) is 5.71 Å². The van der Waals surface area contributed by atoms with Gasteiger partial charge >= 0.3 is 0 Å². The molecule has 1 unspecified atom stereocenters. The van der Waals surface area contributed by atoms with Gasteiger partial charge in [0, 0.05) is 11.8 Å². The van der Waals surface area contributed by atoms with Crippen LogP contribution >= 0.6 is 0 Å². The largest absolute Gasteiger partial charge is 0.323 e. The molecular weight excluding hydrogens is 196 g/mol. The molecule has 1 aromatic rings. The van der Waals surface area contributed by atoms with Gasteiger partial charge in [0.2, 0.25) is 0 Å². The molecule has 1 aromatic carbocycles. The molecule has 3 rings (SSSR count). The number of nitrogens with two attached hydrogens (primary N) is 1. The Labute approximate surface area is 96.4 Å². The Bertz CT molecular complexity index is 426. The molecule has 0 aliphatic heterocycles. The maximum atomic E-state index is 7.72. The predicted octanol–water partition coefficient (Wildman–Crippen LogP) is 2.82. The van der Waals surface area contributed by atoms with Gasteiger partial charge in [-0.2, -0.15) is 0 Å². The molecule has 0 bridgehead atoms. The molecule has 2 aliphatic carbocycles. The van der Waals surface area contributed by atoms with Crippen molar-refractivity contribution in [3.8, 4) is 0 Å². The summed E-state index contributed by atoms with van der Waals surface area (Å²) in [5.74, 6) is 0. The topological polar surface area (TPSA) is 49.9 Å². The van der Waals surface area contributed by atoms with E-state index >= 15 is 0 Å². The van der Waals surface area contributed by atoms with Crippen molar-refractivity contribution >= 4 is 5.71 Å². The Morgan fingerprint density at radius 1 is 1.19 bits per heavy atom. The highest BCUT2D eigenvalue weighted by molar-refractivity contribution is 5.82. The van der Waals surface area contributed by atoms with Crippen molar-refractivity contribution in [2.75, 3.05) is 0 Å². The summed E-state index contributed by atoms with van der Waals surface area (Å²) in [6.45, 7) is 0. The minimum absolute atomic E-state index is 0.191. The number of hydrogen-bond donors (Lipinski definition) is 2. The summed E-state index contributed by atoms with van der Waals surface area (Å²) < 4.78 is 0. The monoisotopic (exact) mass is 214 g/mol. The molecule has 1 atom stereocenters. The maximum absolute atomic E-state index is 7.72. The van der Waals surface area contributed by atoms with Gasteiger partial charge in [-0.05, 0) is 48.6 Å². The molecule has 2 heteroatoms. The van der Waals surface area contributed by atoms with Gasteiger partial charge in [0.15, 0.2) is 0 Å². The first-order valence-electron chi connectivity index (χ1n) is 6.11. The zero-order valence-electron chi connectivity index (χ0n) is 9.50. The van der Waals surface area contributed by atoms with Crippen molar-refractivity contribution in [1.82, 2.24) is 0 Å². The fraction of sp³-hybridized carbons (Fsp3) is 0.500. The highest BCUT2D eigenvalue weighted by Gasteiger charge is 2.45. The Kier molecular flexibility index (Phi) is 2.15. The molecular formula is C14H18N2. The summed E-state index contributed by atoms with van der Waals surface area (Å²) in [5, 5.41) is 7.72. The summed E-state index contributed by atoms with van der Waals surface area (Å²) in [7, 11) is 0. The van der Waals surface area contributed by atoms with Crippen LogP contribution in [0.5, 0.6) is 0 Å². The van der Waals surface area contributed by atoms with Gasteiger partial charge < -0.3 is 11.1 Å². The molecule has 84 valence electrons. The summed E-state index contributed by atoms with van der Waals surface area (Å²) in [6, 6.07) is 8.77. The lowest BCUT2D eigenvalue weighted by Gasteiger charge is -2.37. The number of nitrogens with one attached hydrogen (secondary N) is 1. The lowest BCUT2D eigenvalue weighted by Crippen LogP contribution is -2.35. The van der Waals surface area contributed by atoms with E-state index in [-0.39, 0.29) is 11.5 Å². The minimum atomic E-state index is 0.191. The highest BCUT2D eigenvalue weighted by Crippen LogP contribution is 2.52. The summed E-state index contributed by atoms with van der Waals surface area (Å²) >= 11 is 0. The van der Waals surface area contributed by atoms with Crippen molar-refractivity contribution in [3.63, 3.8) is 0 Å². The number of fused-ring (bicyclic) bond motifs is 1. The first-order chi connectivity index (χ1) is 7.71. The normalized spacial score (nSPS) is 33.1. The average Bonchev–Trinajstić information content (AvgIpc) is 2.58. The molecule has 3 N–H and O–H groups in total. The van der Waals surface area contributed by atoms with E-state index in [1.807, 2.05) is 0 Å². The molecule has 0 saturated heterocycles. The van der Waals surface area contributed by atoms with Gasteiger partial charge in [-0.3, -0.25) is 0 Å². The number of hydrogen-bond acceptors (Lipinski definition) is 2. The Balaban J connectivity index is 1.94. The standard InChI is InChI=1S/C14H18N2/c15-11-5-7-14(8-6-11)9-10-3-1-2-4-12(10)13(14)16/h1-4,13,15H,5-9,16H2. The van der Waals surface area contributed by atoms with Crippen LogP contribution in [0.4, 0.5) is 0 Å². The van der Waals surface area contributed by atoms with E-state index < -0.39 is 0 Å². The van der Waals surface area contributed by atoms with Crippen LogP contribution in [0.15, 0.2) is 24.3 Å². The maximum Gasteiger partial charge on any atom is 0.0358 e. The quantitative estimate of drug-likeness (QED) is 0.685. The van der Waals surface area contributed by atoms with Crippen LogP contribution < -0.4 is 5.73 Å². The van der Waals surface area contributed by atoms with Crippen molar-refractivity contribution in [2.24, 2.45) is 11.1 Å². The third kappa shape index (κ3) is 1.33. The fourth-order valence-electron chi connectivity index (χ4n) is 3.36. The lowest BCUT2D eigenvalue weighted by molar-refractivity contribution is 0.200. The van der Waals surface area contributed by atoms with Gasteiger partial charge in [0.05, 0.1) is 0 Å². The fourth-order valence-corrected chi connectivity index (χ4v) is 3.36. The highest BCUT2D eigenvalue weighted by atomic mass is 14.7. The van der Waals surface area contributed by atoms with Crippen LogP contribution in [0, 0.1) is 10.8 Å². The number of rotatable bonds is 0. The molecule has 16 heavy (non-hydrogen) atoms. The van der Waals surface area contributed by atoms with E-state index in [4.69, 9.17) is 11.1 Å². The van der Waals surface area contributed by atoms with E-state index in [0.717, 1.165) is 37.8 Å². The number of benzene rings is 1. The molecule has 0 radical (unpaired) electrons. The first-order valence-corrected chi connectivity index (χ1v) is 6.11. The molecule has 0 heterocycles. The SMILES string of the molecule is N=C1CCC2(CC1)Cc1ccccc1C2N. The second-order valence-electron chi connectivity index (χ2n) is 5.32. The smallest absolute Gasteiger partial charge is 0.0358 e. The first kappa shape index (κ1) is 10.0. The van der Waals surface area contributed by atoms with Crippen LogP contribution in [0.1, 0.15) is 42.9 Å². The van der Waals surface area contributed by atoms with E-state index in [1.54, 1.807) is 0 Å². The van der Waals surface area contributed by atoms with Gasteiger partial charge in [-0.1, -0.05) is 24.3 Å². The zero-order chi connectivity index (χ0) is 11.2. The second kappa shape index (κ2) is 3.42. The Morgan fingerprint density at radius 3 is 2.56 bits per heavy atom. The summed E-state index contributed by atoms with van der Waals surface area (Å²) in [4.78, 5) is 0. The van der Waals surface area contributed by atoms with E-state index in [9.17, 15) is 0 Å². The van der Waals surface area contributed by atoms with Crippen LogP contribution in [0.25, 0.3) is 0 Å². The van der Waals surface area contributed by atoms with Gasteiger partial charge in [-0.15, -0.1) is 0 Å². The predicted molar refractivity (Wildman–Crippen MR) is 65.7 cm³/mol. The third-order valence-electron chi connectivity index (χ3n) is 4.44. The van der Waals surface area contributed by atoms with Crippen molar-refractivity contribution in [2.45, 2.75) is 38.1 Å². The van der Waals surface area contributed by atoms with Gasteiger partial charge in [0.1, 0.15) is 0 Å². The van der Waals surface area contributed by atoms with Crippen molar-refractivity contribution in [1.29, 1.82) is 5.41 Å². The summed E-state index contributed by atoms with van der Waals surface area (Å²) in [6.07, 6.45) is 5.21. The Hall–Kier alpha value is -1.15. The average molecular weight is 214 g/mol. The summed E-state index contributed by atoms with van der Waals surface area (Å²) in [5.41, 5.74) is 10.4. The van der Waals surface area contributed by atoms with Crippen LogP contribution in [-0.2, 0) is 6.42 Å². The lowest BCUT2D eigenvalue weighted by atomic mass is 9.69. The molecule has 2 aliphatic rings. The van der Waals surface area contributed by atoms with E-state index in [2.05, 4.69) is 24.3 Å². The molecule has 0 amide bonds. The molecule has 1 fully saturated rings. The second-order valence-corrected chi connectivity index (χ2v) is 5.32. The van der Waals surface area contributed by atoms with E-state index in [1.165, 1.54) is 11.1 Å². The van der Waals surface area contributed by atoms with Crippen molar-refractivity contribution < 1.29 is 0 Å². The molecule has 1 spiro atoms. The molecule has 2 nitrogen and oxygen atoms in total. The van der Waals surface area contributed by atoms with E-state index in [0.29, 0.717) is 0 Å². The van der Waals surface area contributed by atoms with Crippen LogP contribution in [0.3, 0.4) is 0 Å². The van der Waals surface area contributed by atoms with Crippen LogP contribution in [0.2, 0.25) is 0 Å². The zero-order valence-corrected chi connectivity index (χ0v) is 9.50. The molecule has 1 saturated carbocycles. The Morgan fingerprint density at radius 2 is 1.88 bits per heavy atom. The molecule has 0 aromatic heterocycles. The third-order valence-corrected chi connectivity index (χ3v) is 4.44. The van der Waals surface area contributed by atoms with Gasteiger partial charge in [0.25, 0.3) is 0 Å². The minimum Gasteiger partial charge on any atom is -0.323 e.